The van der Waals surface area contributed by atoms with Gasteiger partial charge in [-0.05, 0) is 60.4 Å². The molecular formula is C13H19BrN2O2S. The normalized spacial score (nSPS) is 18.6. The van der Waals surface area contributed by atoms with Gasteiger partial charge in [0.15, 0.2) is 0 Å². The molecule has 1 N–H and O–H groups in total. The van der Waals surface area contributed by atoms with Gasteiger partial charge in [0.2, 0.25) is 10.0 Å². The van der Waals surface area contributed by atoms with Gasteiger partial charge in [0.05, 0.1) is 4.90 Å². The van der Waals surface area contributed by atoms with Crippen LogP contribution in [-0.2, 0) is 10.0 Å². The number of sulfonamides is 1. The van der Waals surface area contributed by atoms with Crippen LogP contribution in [0.25, 0.3) is 0 Å². The highest BCUT2D eigenvalue weighted by Crippen LogP contribution is 2.27. The standard InChI is InChI=1S/C13H19BrN2O2S/c1-15-10-11-6-8-16(9-7-11)19(17,18)13-5-3-2-4-12(13)14/h2-5,11,15H,6-10H2,1H3. The molecule has 1 aliphatic rings. The largest absolute Gasteiger partial charge is 0.319 e. The molecule has 1 aliphatic heterocycles. The average Bonchev–Trinajstić information content (AvgIpc) is 2.40. The number of halogens is 1. The SMILES string of the molecule is CNCC1CCN(S(=O)(=O)c2ccccc2Br)CC1. The highest BCUT2D eigenvalue weighted by Gasteiger charge is 2.30. The summed E-state index contributed by atoms with van der Waals surface area (Å²) < 4.78 is 27.3. The summed E-state index contributed by atoms with van der Waals surface area (Å²) in [5, 5.41) is 3.16. The highest BCUT2D eigenvalue weighted by atomic mass is 79.9. The molecule has 0 radical (unpaired) electrons. The summed E-state index contributed by atoms with van der Waals surface area (Å²) >= 11 is 3.32. The molecule has 0 amide bonds. The number of nitrogens with zero attached hydrogens (tertiary/aromatic N) is 1. The van der Waals surface area contributed by atoms with Gasteiger partial charge in [-0.2, -0.15) is 4.31 Å². The lowest BCUT2D eigenvalue weighted by molar-refractivity contribution is 0.270. The van der Waals surface area contributed by atoms with Crippen LogP contribution in [0, 0.1) is 5.92 Å². The van der Waals surface area contributed by atoms with Crippen molar-refractivity contribution < 1.29 is 8.42 Å². The monoisotopic (exact) mass is 346 g/mol. The van der Waals surface area contributed by atoms with Crippen LogP contribution in [-0.4, -0.2) is 39.4 Å². The predicted molar refractivity (Wildman–Crippen MR) is 79.6 cm³/mol. The van der Waals surface area contributed by atoms with Crippen LogP contribution >= 0.6 is 15.9 Å². The molecule has 1 aromatic rings. The fraction of sp³-hybridized carbons (Fsp3) is 0.538. The first-order valence-electron chi connectivity index (χ1n) is 6.45. The molecule has 0 spiro atoms. The summed E-state index contributed by atoms with van der Waals surface area (Å²) in [7, 11) is -1.43. The maximum absolute atomic E-state index is 12.6. The second kappa shape index (κ2) is 6.35. The minimum Gasteiger partial charge on any atom is -0.319 e. The van der Waals surface area contributed by atoms with Gasteiger partial charge >= 0.3 is 0 Å². The smallest absolute Gasteiger partial charge is 0.244 e. The van der Waals surface area contributed by atoms with Gasteiger partial charge < -0.3 is 5.32 Å². The second-order valence-electron chi connectivity index (χ2n) is 4.84. The molecule has 106 valence electrons. The van der Waals surface area contributed by atoms with E-state index < -0.39 is 10.0 Å². The first-order valence-corrected chi connectivity index (χ1v) is 8.68. The van der Waals surface area contributed by atoms with Crippen molar-refractivity contribution in [3.63, 3.8) is 0 Å². The van der Waals surface area contributed by atoms with E-state index in [9.17, 15) is 8.42 Å². The van der Waals surface area contributed by atoms with Crippen LogP contribution < -0.4 is 5.32 Å². The van der Waals surface area contributed by atoms with Crippen molar-refractivity contribution in [2.75, 3.05) is 26.7 Å². The Bertz CT molecular complexity index is 525. The maximum atomic E-state index is 12.6. The van der Waals surface area contributed by atoms with Gasteiger partial charge in [0, 0.05) is 17.6 Å². The molecule has 6 heteroatoms. The van der Waals surface area contributed by atoms with E-state index in [0.717, 1.165) is 19.4 Å². The number of nitrogens with one attached hydrogen (secondary N) is 1. The van der Waals surface area contributed by atoms with Gasteiger partial charge in [-0.25, -0.2) is 8.42 Å². The van der Waals surface area contributed by atoms with Crippen molar-refractivity contribution in [1.29, 1.82) is 0 Å². The third-order valence-corrected chi connectivity index (χ3v) is 6.43. The molecule has 0 atom stereocenters. The Kier molecular flexibility index (Phi) is 5.00. The fourth-order valence-corrected chi connectivity index (χ4v) is 4.87. The van der Waals surface area contributed by atoms with Gasteiger partial charge in [0.25, 0.3) is 0 Å². The van der Waals surface area contributed by atoms with Crippen LogP contribution in [0.3, 0.4) is 0 Å². The summed E-state index contributed by atoms with van der Waals surface area (Å²) in [6.45, 7) is 2.18. The third kappa shape index (κ3) is 3.37. The number of hydrogen-bond donors (Lipinski definition) is 1. The number of hydrogen-bond acceptors (Lipinski definition) is 3. The molecule has 0 bridgehead atoms. The summed E-state index contributed by atoms with van der Waals surface area (Å²) in [6.07, 6.45) is 1.84. The van der Waals surface area contributed by atoms with E-state index in [0.29, 0.717) is 28.4 Å². The lowest BCUT2D eigenvalue weighted by Gasteiger charge is -2.31. The summed E-state index contributed by atoms with van der Waals surface area (Å²) in [6, 6.07) is 6.99. The number of rotatable bonds is 4. The van der Waals surface area contributed by atoms with Crippen LogP contribution in [0.2, 0.25) is 0 Å². The van der Waals surface area contributed by atoms with Gasteiger partial charge in [-0.1, -0.05) is 12.1 Å². The lowest BCUT2D eigenvalue weighted by Crippen LogP contribution is -2.40. The van der Waals surface area contributed by atoms with E-state index in [-0.39, 0.29) is 0 Å². The molecule has 1 aromatic carbocycles. The minimum absolute atomic E-state index is 0.363. The van der Waals surface area contributed by atoms with Crippen molar-refractivity contribution >= 4 is 26.0 Å². The lowest BCUT2D eigenvalue weighted by atomic mass is 9.98. The zero-order valence-electron chi connectivity index (χ0n) is 11.0. The van der Waals surface area contributed by atoms with Gasteiger partial charge in [0.1, 0.15) is 0 Å². The number of piperidine rings is 1. The topological polar surface area (TPSA) is 49.4 Å². The molecule has 0 unspecified atom stereocenters. The molecule has 1 fully saturated rings. The predicted octanol–water partition coefficient (Wildman–Crippen LogP) is 2.07. The first-order chi connectivity index (χ1) is 9.05. The Morgan fingerprint density at radius 1 is 1.32 bits per heavy atom. The van der Waals surface area contributed by atoms with Crippen molar-refractivity contribution in [3.05, 3.63) is 28.7 Å². The van der Waals surface area contributed by atoms with Gasteiger partial charge in [-0.15, -0.1) is 0 Å². The summed E-state index contributed by atoms with van der Waals surface area (Å²) in [5.74, 6) is 0.579. The Hall–Kier alpha value is -0.430. The third-order valence-electron chi connectivity index (χ3n) is 3.52. The zero-order chi connectivity index (χ0) is 13.9. The first kappa shape index (κ1) is 15.0. The van der Waals surface area contributed by atoms with E-state index >= 15 is 0 Å². The Labute approximate surface area is 123 Å². The number of benzene rings is 1. The Morgan fingerprint density at radius 2 is 1.95 bits per heavy atom. The quantitative estimate of drug-likeness (QED) is 0.907. The van der Waals surface area contributed by atoms with Gasteiger partial charge in [-0.3, -0.25) is 0 Å². The van der Waals surface area contributed by atoms with E-state index in [4.69, 9.17) is 0 Å². The molecule has 19 heavy (non-hydrogen) atoms. The zero-order valence-corrected chi connectivity index (χ0v) is 13.4. The van der Waals surface area contributed by atoms with Crippen molar-refractivity contribution in [2.24, 2.45) is 5.92 Å². The molecule has 0 aromatic heterocycles. The summed E-state index contributed by atoms with van der Waals surface area (Å²) in [5.41, 5.74) is 0. The molecule has 1 heterocycles. The van der Waals surface area contributed by atoms with E-state index in [2.05, 4.69) is 21.2 Å². The van der Waals surface area contributed by atoms with Crippen molar-refractivity contribution in [3.8, 4) is 0 Å². The van der Waals surface area contributed by atoms with E-state index in [1.807, 2.05) is 13.1 Å². The second-order valence-corrected chi connectivity index (χ2v) is 7.60. The minimum atomic E-state index is -3.37. The fourth-order valence-electron chi connectivity index (χ4n) is 2.44. The summed E-state index contributed by atoms with van der Waals surface area (Å²) in [4.78, 5) is 0.363. The van der Waals surface area contributed by atoms with Crippen LogP contribution in [0.15, 0.2) is 33.6 Å². The molecule has 2 rings (SSSR count). The molecule has 1 saturated heterocycles. The van der Waals surface area contributed by atoms with Crippen LogP contribution in [0.5, 0.6) is 0 Å². The van der Waals surface area contributed by atoms with Crippen molar-refractivity contribution in [1.82, 2.24) is 9.62 Å². The molecule has 4 nitrogen and oxygen atoms in total. The van der Waals surface area contributed by atoms with E-state index in [1.54, 1.807) is 22.5 Å². The maximum Gasteiger partial charge on any atom is 0.244 e. The molecule has 0 aliphatic carbocycles. The Balaban J connectivity index is 2.12. The van der Waals surface area contributed by atoms with Crippen LogP contribution in [0.1, 0.15) is 12.8 Å². The van der Waals surface area contributed by atoms with Crippen LogP contribution in [0.4, 0.5) is 0 Å². The highest BCUT2D eigenvalue weighted by molar-refractivity contribution is 9.10. The average molecular weight is 347 g/mol. The Morgan fingerprint density at radius 3 is 2.53 bits per heavy atom. The molecule has 0 saturated carbocycles. The van der Waals surface area contributed by atoms with Crippen molar-refractivity contribution in [2.45, 2.75) is 17.7 Å². The molecular weight excluding hydrogens is 328 g/mol. The van der Waals surface area contributed by atoms with E-state index in [1.165, 1.54) is 0 Å².